The van der Waals surface area contributed by atoms with Crippen LogP contribution in [0.15, 0.2) is 41.1 Å². The van der Waals surface area contributed by atoms with E-state index in [9.17, 15) is 15.8 Å². The SMILES string of the molecule is COc1ccc([C@H]2[C@H]3CN(C)CC=C3C(C#N)=C(N)C2(C#N)C#N)cc1OC. The maximum atomic E-state index is 10.1. The zero-order valence-corrected chi connectivity index (χ0v) is 16.1. The van der Waals surface area contributed by atoms with Crippen molar-refractivity contribution in [1.29, 1.82) is 15.8 Å². The third-order valence-corrected chi connectivity index (χ3v) is 5.61. The maximum absolute atomic E-state index is 10.1. The van der Waals surface area contributed by atoms with Crippen LogP contribution < -0.4 is 15.2 Å². The number of hydrogen-bond donors (Lipinski definition) is 1. The molecule has 7 heteroatoms. The van der Waals surface area contributed by atoms with E-state index in [0.717, 1.165) is 11.1 Å². The first kappa shape index (κ1) is 19.3. The number of rotatable bonds is 3. The quantitative estimate of drug-likeness (QED) is 0.858. The van der Waals surface area contributed by atoms with E-state index in [-0.39, 0.29) is 17.2 Å². The van der Waals surface area contributed by atoms with Crippen molar-refractivity contribution in [3.63, 3.8) is 0 Å². The number of fused-ring (bicyclic) bond motifs is 1. The van der Waals surface area contributed by atoms with Gasteiger partial charge in [-0.25, -0.2) is 0 Å². The van der Waals surface area contributed by atoms with Crippen LogP contribution in [0, 0.1) is 45.3 Å². The summed E-state index contributed by atoms with van der Waals surface area (Å²) < 4.78 is 10.7. The summed E-state index contributed by atoms with van der Waals surface area (Å²) in [6.45, 7) is 1.28. The van der Waals surface area contributed by atoms with Crippen molar-refractivity contribution < 1.29 is 9.47 Å². The summed E-state index contributed by atoms with van der Waals surface area (Å²) in [5.74, 6) is 0.291. The average molecular weight is 375 g/mol. The van der Waals surface area contributed by atoms with Gasteiger partial charge < -0.3 is 20.1 Å². The Morgan fingerprint density at radius 3 is 2.39 bits per heavy atom. The van der Waals surface area contributed by atoms with E-state index in [2.05, 4.69) is 23.1 Å². The predicted octanol–water partition coefficient (Wildman–Crippen LogP) is 2.06. The van der Waals surface area contributed by atoms with Crippen molar-refractivity contribution >= 4 is 0 Å². The zero-order chi connectivity index (χ0) is 20.5. The molecule has 28 heavy (non-hydrogen) atoms. The standard InChI is InChI=1S/C21H21N5O2/c1-26-7-6-14-15(9-22)20(25)21(11-23,12-24)19(16(14)10-26)13-4-5-17(27-2)18(8-13)28-3/h4-6,8,16,19H,7,10,25H2,1-3H3/t16-,19-/m0/s1. The second-order valence-electron chi connectivity index (χ2n) is 7.01. The van der Waals surface area contributed by atoms with Crippen molar-refractivity contribution in [2.45, 2.75) is 5.92 Å². The molecule has 2 atom stereocenters. The maximum Gasteiger partial charge on any atom is 0.191 e. The summed E-state index contributed by atoms with van der Waals surface area (Å²) in [5, 5.41) is 29.8. The minimum atomic E-state index is -1.65. The van der Waals surface area contributed by atoms with E-state index in [0.29, 0.717) is 24.6 Å². The molecule has 3 rings (SSSR count). The van der Waals surface area contributed by atoms with Crippen LogP contribution in [0.5, 0.6) is 11.5 Å². The highest BCUT2D eigenvalue weighted by Gasteiger charge is 2.54. The summed E-state index contributed by atoms with van der Waals surface area (Å²) in [6, 6.07) is 11.7. The summed E-state index contributed by atoms with van der Waals surface area (Å²) in [5.41, 5.74) is 6.45. The Hall–Kier alpha value is -3.47. The Morgan fingerprint density at radius 1 is 1.14 bits per heavy atom. The first-order chi connectivity index (χ1) is 13.5. The van der Waals surface area contributed by atoms with Gasteiger partial charge in [-0.05, 0) is 30.3 Å². The molecule has 0 fully saturated rings. The van der Waals surface area contributed by atoms with Crippen LogP contribution in [0.1, 0.15) is 11.5 Å². The molecule has 0 amide bonds. The Balaban J connectivity index is 2.32. The molecule has 142 valence electrons. The minimum absolute atomic E-state index is 0.0202. The van der Waals surface area contributed by atoms with E-state index in [1.807, 2.05) is 19.2 Å². The molecule has 1 aliphatic carbocycles. The van der Waals surface area contributed by atoms with Gasteiger partial charge in [0.25, 0.3) is 0 Å². The molecular formula is C21H21N5O2. The van der Waals surface area contributed by atoms with Crippen LogP contribution in [0.3, 0.4) is 0 Å². The molecule has 2 N–H and O–H groups in total. The lowest BCUT2D eigenvalue weighted by atomic mass is 9.58. The zero-order valence-electron chi connectivity index (χ0n) is 16.1. The largest absolute Gasteiger partial charge is 0.493 e. The van der Waals surface area contributed by atoms with Crippen LogP contribution in [-0.2, 0) is 0 Å². The minimum Gasteiger partial charge on any atom is -0.493 e. The molecule has 0 aromatic heterocycles. The van der Waals surface area contributed by atoms with Gasteiger partial charge in [0.05, 0.1) is 37.6 Å². The van der Waals surface area contributed by atoms with Gasteiger partial charge in [-0.3, -0.25) is 0 Å². The van der Waals surface area contributed by atoms with E-state index >= 15 is 0 Å². The highest BCUT2D eigenvalue weighted by Crippen LogP contribution is 2.54. The van der Waals surface area contributed by atoms with Crippen LogP contribution in [-0.4, -0.2) is 39.3 Å². The number of allylic oxidation sites excluding steroid dienone is 2. The predicted molar refractivity (Wildman–Crippen MR) is 102 cm³/mol. The van der Waals surface area contributed by atoms with Gasteiger partial charge in [-0.15, -0.1) is 0 Å². The summed E-state index contributed by atoms with van der Waals surface area (Å²) in [7, 11) is 5.04. The summed E-state index contributed by atoms with van der Waals surface area (Å²) in [4.78, 5) is 2.10. The molecule has 0 unspecified atom stereocenters. The number of nitrogens with zero attached hydrogens (tertiary/aromatic N) is 4. The molecular weight excluding hydrogens is 354 g/mol. The van der Waals surface area contributed by atoms with Crippen molar-refractivity contribution in [3.05, 3.63) is 46.7 Å². The van der Waals surface area contributed by atoms with Crippen molar-refractivity contribution in [1.82, 2.24) is 4.90 Å². The number of hydrogen-bond acceptors (Lipinski definition) is 7. The number of ether oxygens (including phenoxy) is 2. The molecule has 1 aromatic rings. The topological polar surface area (TPSA) is 119 Å². The van der Waals surface area contributed by atoms with Crippen molar-refractivity contribution in [3.8, 4) is 29.7 Å². The van der Waals surface area contributed by atoms with Gasteiger partial charge in [0.2, 0.25) is 0 Å². The Labute approximate surface area is 164 Å². The molecule has 2 aliphatic rings. The van der Waals surface area contributed by atoms with Crippen LogP contribution >= 0.6 is 0 Å². The highest BCUT2D eigenvalue weighted by molar-refractivity contribution is 5.60. The van der Waals surface area contributed by atoms with Gasteiger partial charge in [0.1, 0.15) is 6.07 Å². The fraction of sp³-hybridized carbons (Fsp3) is 0.381. The van der Waals surface area contributed by atoms with E-state index < -0.39 is 11.3 Å². The molecule has 0 bridgehead atoms. The molecule has 1 aliphatic heterocycles. The van der Waals surface area contributed by atoms with Crippen molar-refractivity contribution in [2.24, 2.45) is 17.1 Å². The fourth-order valence-electron chi connectivity index (χ4n) is 4.25. The van der Waals surface area contributed by atoms with E-state index in [1.54, 1.807) is 19.2 Å². The van der Waals surface area contributed by atoms with Crippen LogP contribution in [0.25, 0.3) is 0 Å². The monoisotopic (exact) mass is 375 g/mol. The number of methoxy groups -OCH3 is 2. The normalized spacial score (nSPS) is 23.5. The molecule has 7 nitrogen and oxygen atoms in total. The van der Waals surface area contributed by atoms with Gasteiger partial charge >= 0.3 is 0 Å². The lowest BCUT2D eigenvalue weighted by Gasteiger charge is -2.45. The van der Waals surface area contributed by atoms with Gasteiger partial charge in [-0.2, -0.15) is 15.8 Å². The second-order valence-corrected chi connectivity index (χ2v) is 7.01. The fourth-order valence-corrected chi connectivity index (χ4v) is 4.25. The smallest absolute Gasteiger partial charge is 0.191 e. The molecule has 0 saturated heterocycles. The van der Waals surface area contributed by atoms with Crippen LogP contribution in [0.4, 0.5) is 0 Å². The third-order valence-electron chi connectivity index (χ3n) is 5.61. The van der Waals surface area contributed by atoms with Gasteiger partial charge in [-0.1, -0.05) is 12.1 Å². The molecule has 0 radical (unpaired) electrons. The second kappa shape index (κ2) is 7.27. The summed E-state index contributed by atoms with van der Waals surface area (Å²) in [6.07, 6.45) is 1.96. The van der Waals surface area contributed by atoms with Crippen LogP contribution in [0.2, 0.25) is 0 Å². The molecule has 1 aromatic carbocycles. The average Bonchev–Trinajstić information content (AvgIpc) is 2.72. The summed E-state index contributed by atoms with van der Waals surface area (Å²) >= 11 is 0. The number of benzene rings is 1. The number of nitrogens with two attached hydrogens (primary N) is 1. The van der Waals surface area contributed by atoms with E-state index in [1.165, 1.54) is 7.11 Å². The lowest BCUT2D eigenvalue weighted by molar-refractivity contribution is 0.237. The highest BCUT2D eigenvalue weighted by atomic mass is 16.5. The Bertz CT molecular complexity index is 976. The third kappa shape index (κ3) is 2.67. The first-order valence-corrected chi connectivity index (χ1v) is 8.81. The van der Waals surface area contributed by atoms with Crippen molar-refractivity contribution in [2.75, 3.05) is 34.4 Å². The van der Waals surface area contributed by atoms with Gasteiger partial charge in [0, 0.05) is 24.9 Å². The Kier molecular flexibility index (Phi) is 5.01. The molecule has 1 heterocycles. The van der Waals surface area contributed by atoms with E-state index in [4.69, 9.17) is 15.2 Å². The molecule has 0 saturated carbocycles. The lowest BCUT2D eigenvalue weighted by Crippen LogP contribution is -2.47. The first-order valence-electron chi connectivity index (χ1n) is 8.81. The Morgan fingerprint density at radius 2 is 1.82 bits per heavy atom. The number of nitriles is 3. The van der Waals surface area contributed by atoms with Gasteiger partial charge in [0.15, 0.2) is 16.9 Å². The number of likely N-dealkylation sites (N-methyl/N-ethyl adjacent to an activating group) is 1. The molecule has 0 spiro atoms.